The molecule has 2 rings (SSSR count). The molecule has 0 N–H and O–H groups in total. The van der Waals surface area contributed by atoms with E-state index in [0.29, 0.717) is 6.54 Å². The summed E-state index contributed by atoms with van der Waals surface area (Å²) in [6.07, 6.45) is 6.20. The summed E-state index contributed by atoms with van der Waals surface area (Å²) >= 11 is 0. The molecule has 2 atom stereocenters. The number of aromatic nitrogens is 2. The Kier molecular flexibility index (Phi) is 4.02. The second-order valence-corrected chi connectivity index (χ2v) is 5.56. The highest BCUT2D eigenvalue weighted by Crippen LogP contribution is 2.25. The fourth-order valence-electron chi connectivity index (χ4n) is 2.67. The number of carbonyl (C=O) groups excluding carboxylic acids is 2. The lowest BCUT2D eigenvalue weighted by atomic mass is 10.0. The number of aryl methyl sites for hydroxylation is 1. The van der Waals surface area contributed by atoms with Gasteiger partial charge in [0.05, 0.1) is 12.2 Å². The highest BCUT2D eigenvalue weighted by Gasteiger charge is 2.35. The van der Waals surface area contributed by atoms with Crippen molar-refractivity contribution in [1.29, 1.82) is 0 Å². The van der Waals surface area contributed by atoms with Crippen molar-refractivity contribution in [3.63, 3.8) is 0 Å². The average molecular weight is 263 g/mol. The molecule has 2 unspecified atom stereocenters. The first-order valence-electron chi connectivity index (χ1n) is 6.81. The number of rotatable bonds is 4. The molecule has 1 aliphatic heterocycles. The molecule has 0 aliphatic carbocycles. The summed E-state index contributed by atoms with van der Waals surface area (Å²) in [5.41, 5.74) is 1.03. The Hall–Kier alpha value is -1.65. The zero-order valence-corrected chi connectivity index (χ0v) is 11.7. The van der Waals surface area contributed by atoms with E-state index in [0.717, 1.165) is 24.7 Å². The van der Waals surface area contributed by atoms with E-state index in [1.807, 2.05) is 27.0 Å². The smallest absolute Gasteiger partial charge is 0.248 e. The number of aldehydes is 1. The van der Waals surface area contributed by atoms with Crippen molar-refractivity contribution in [1.82, 2.24) is 14.7 Å². The molecule has 2 heterocycles. The SMILES string of the molecule is Cc1cnn(C(C(=O)N2CCCC2C=O)C(C)C)c1. The standard InChI is InChI=1S/C14H21N3O2/c1-10(2)13(17-8-11(3)7-15-17)14(19)16-6-4-5-12(16)9-18/h7-10,12-13H,4-6H2,1-3H3. The van der Waals surface area contributed by atoms with Crippen molar-refractivity contribution in [3.8, 4) is 0 Å². The third-order valence-electron chi connectivity index (χ3n) is 3.64. The molecule has 1 saturated heterocycles. The summed E-state index contributed by atoms with van der Waals surface area (Å²) in [5, 5.41) is 4.26. The summed E-state index contributed by atoms with van der Waals surface area (Å²) in [7, 11) is 0. The molecule has 0 bridgehead atoms. The van der Waals surface area contributed by atoms with E-state index in [2.05, 4.69) is 5.10 Å². The van der Waals surface area contributed by atoms with E-state index in [1.165, 1.54) is 0 Å². The van der Waals surface area contributed by atoms with Crippen LogP contribution in [0.15, 0.2) is 12.4 Å². The van der Waals surface area contributed by atoms with Gasteiger partial charge in [-0.3, -0.25) is 9.48 Å². The largest absolute Gasteiger partial charge is 0.331 e. The first kappa shape index (κ1) is 13.8. The minimum absolute atomic E-state index is 0.00713. The molecule has 1 fully saturated rings. The van der Waals surface area contributed by atoms with Gasteiger partial charge in [-0.15, -0.1) is 0 Å². The van der Waals surface area contributed by atoms with Crippen LogP contribution in [0, 0.1) is 12.8 Å². The van der Waals surface area contributed by atoms with Gasteiger partial charge in [-0.1, -0.05) is 13.8 Å². The molecule has 1 amide bonds. The molecule has 1 aromatic rings. The molecular weight excluding hydrogens is 242 g/mol. The van der Waals surface area contributed by atoms with Gasteiger partial charge in [0.2, 0.25) is 5.91 Å². The predicted molar refractivity (Wildman–Crippen MR) is 71.6 cm³/mol. The van der Waals surface area contributed by atoms with Crippen molar-refractivity contribution >= 4 is 12.2 Å². The van der Waals surface area contributed by atoms with Gasteiger partial charge in [-0.05, 0) is 31.2 Å². The van der Waals surface area contributed by atoms with Gasteiger partial charge < -0.3 is 9.69 Å². The number of likely N-dealkylation sites (tertiary alicyclic amines) is 1. The van der Waals surface area contributed by atoms with E-state index in [9.17, 15) is 9.59 Å². The van der Waals surface area contributed by atoms with Crippen molar-refractivity contribution in [2.45, 2.75) is 45.7 Å². The third-order valence-corrected chi connectivity index (χ3v) is 3.64. The van der Waals surface area contributed by atoms with Crippen LogP contribution >= 0.6 is 0 Å². The average Bonchev–Trinajstić information content (AvgIpc) is 2.97. The van der Waals surface area contributed by atoms with Gasteiger partial charge in [-0.25, -0.2) is 0 Å². The minimum atomic E-state index is -0.325. The first-order valence-corrected chi connectivity index (χ1v) is 6.81. The lowest BCUT2D eigenvalue weighted by Gasteiger charge is -2.28. The van der Waals surface area contributed by atoms with E-state index in [-0.39, 0.29) is 23.9 Å². The molecular formula is C14H21N3O2. The second kappa shape index (κ2) is 5.55. The topological polar surface area (TPSA) is 55.2 Å². The highest BCUT2D eigenvalue weighted by molar-refractivity contribution is 5.84. The van der Waals surface area contributed by atoms with Gasteiger partial charge in [0.25, 0.3) is 0 Å². The Balaban J connectivity index is 2.24. The van der Waals surface area contributed by atoms with Crippen LogP contribution in [0.4, 0.5) is 0 Å². The number of hydrogen-bond donors (Lipinski definition) is 0. The molecule has 5 nitrogen and oxygen atoms in total. The van der Waals surface area contributed by atoms with Gasteiger partial charge in [0.1, 0.15) is 12.3 Å². The molecule has 0 aromatic carbocycles. The second-order valence-electron chi connectivity index (χ2n) is 5.56. The molecule has 1 aliphatic rings. The van der Waals surface area contributed by atoms with Gasteiger partial charge in [0.15, 0.2) is 0 Å². The van der Waals surface area contributed by atoms with Crippen molar-refractivity contribution < 1.29 is 9.59 Å². The number of carbonyl (C=O) groups is 2. The van der Waals surface area contributed by atoms with E-state index < -0.39 is 0 Å². The van der Waals surface area contributed by atoms with Crippen molar-refractivity contribution in [2.24, 2.45) is 5.92 Å². The monoisotopic (exact) mass is 263 g/mol. The maximum atomic E-state index is 12.7. The number of hydrogen-bond acceptors (Lipinski definition) is 3. The van der Waals surface area contributed by atoms with E-state index >= 15 is 0 Å². The summed E-state index contributed by atoms with van der Waals surface area (Å²) in [5.74, 6) is 0.146. The summed E-state index contributed by atoms with van der Waals surface area (Å²) in [6, 6.07) is -0.584. The van der Waals surface area contributed by atoms with Gasteiger partial charge in [0, 0.05) is 12.7 Å². The first-order chi connectivity index (χ1) is 9.04. The molecule has 1 aromatic heterocycles. The Labute approximate surface area is 113 Å². The number of amides is 1. The van der Waals surface area contributed by atoms with Crippen molar-refractivity contribution in [2.75, 3.05) is 6.54 Å². The van der Waals surface area contributed by atoms with Crippen LogP contribution in [0.5, 0.6) is 0 Å². The van der Waals surface area contributed by atoms with Crippen LogP contribution in [-0.4, -0.2) is 39.5 Å². The Morgan fingerprint density at radius 1 is 1.53 bits per heavy atom. The van der Waals surface area contributed by atoms with Crippen LogP contribution < -0.4 is 0 Å². The molecule has 104 valence electrons. The van der Waals surface area contributed by atoms with Gasteiger partial charge >= 0.3 is 0 Å². The quantitative estimate of drug-likeness (QED) is 0.775. The predicted octanol–water partition coefficient (Wildman–Crippen LogP) is 1.58. The molecule has 0 radical (unpaired) electrons. The minimum Gasteiger partial charge on any atom is -0.331 e. The molecule has 5 heteroatoms. The highest BCUT2D eigenvalue weighted by atomic mass is 16.2. The lowest BCUT2D eigenvalue weighted by Crippen LogP contribution is -2.43. The fraction of sp³-hybridized carbons (Fsp3) is 0.643. The third kappa shape index (κ3) is 2.69. The lowest BCUT2D eigenvalue weighted by molar-refractivity contribution is -0.139. The van der Waals surface area contributed by atoms with Gasteiger partial charge in [-0.2, -0.15) is 5.10 Å². The zero-order chi connectivity index (χ0) is 14.0. The zero-order valence-electron chi connectivity index (χ0n) is 11.7. The van der Waals surface area contributed by atoms with Crippen LogP contribution in [0.1, 0.15) is 38.3 Å². The Morgan fingerprint density at radius 2 is 2.26 bits per heavy atom. The summed E-state index contributed by atoms with van der Waals surface area (Å²) < 4.78 is 1.72. The van der Waals surface area contributed by atoms with Crippen LogP contribution in [0.3, 0.4) is 0 Å². The fourth-order valence-corrected chi connectivity index (χ4v) is 2.67. The maximum absolute atomic E-state index is 12.7. The van der Waals surface area contributed by atoms with Crippen LogP contribution in [0.25, 0.3) is 0 Å². The van der Waals surface area contributed by atoms with Crippen molar-refractivity contribution in [3.05, 3.63) is 18.0 Å². The van der Waals surface area contributed by atoms with Crippen LogP contribution in [-0.2, 0) is 9.59 Å². The summed E-state index contributed by atoms with van der Waals surface area (Å²) in [4.78, 5) is 25.4. The maximum Gasteiger partial charge on any atom is 0.248 e. The normalized spacial score (nSPS) is 20.8. The van der Waals surface area contributed by atoms with Crippen LogP contribution in [0.2, 0.25) is 0 Å². The van der Waals surface area contributed by atoms with E-state index in [4.69, 9.17) is 0 Å². The summed E-state index contributed by atoms with van der Waals surface area (Å²) in [6.45, 7) is 6.64. The molecule has 0 saturated carbocycles. The molecule has 0 spiro atoms. The van der Waals surface area contributed by atoms with E-state index in [1.54, 1.807) is 15.8 Å². The number of nitrogens with zero attached hydrogens (tertiary/aromatic N) is 3. The Morgan fingerprint density at radius 3 is 2.79 bits per heavy atom. The molecule has 19 heavy (non-hydrogen) atoms. The Bertz CT molecular complexity index is 467.